The third-order valence-electron chi connectivity index (χ3n) is 2.51. The number of ether oxygens (including phenoxy) is 1. The van der Waals surface area contributed by atoms with Gasteiger partial charge in [-0.3, -0.25) is 0 Å². The maximum Gasteiger partial charge on any atom is 0.451 e. The number of alkyl halides is 3. The molecule has 1 aliphatic rings. The molecule has 1 aromatic heterocycles. The summed E-state index contributed by atoms with van der Waals surface area (Å²) in [4.78, 5) is 6.45. The smallest absolute Gasteiger partial charge is 0.451 e. The van der Waals surface area contributed by atoms with Crippen molar-refractivity contribution < 1.29 is 17.9 Å². The van der Waals surface area contributed by atoms with Gasteiger partial charge < -0.3 is 4.74 Å². The fraction of sp³-hybridized carbons (Fsp3) is 0.600. The van der Waals surface area contributed by atoms with E-state index in [2.05, 4.69) is 9.97 Å². The average molecular weight is 267 g/mol. The molecular formula is C10H10ClF3N2O. The first-order chi connectivity index (χ1) is 7.95. The van der Waals surface area contributed by atoms with E-state index in [-0.39, 0.29) is 17.1 Å². The van der Waals surface area contributed by atoms with Crippen LogP contribution < -0.4 is 4.74 Å². The highest BCUT2D eigenvalue weighted by Crippen LogP contribution is 2.30. The van der Waals surface area contributed by atoms with E-state index in [0.29, 0.717) is 0 Å². The normalized spacial score (nSPS) is 17.4. The van der Waals surface area contributed by atoms with Crippen molar-refractivity contribution in [2.75, 3.05) is 0 Å². The Balaban J connectivity index is 2.19. The lowest BCUT2D eigenvalue weighted by atomic mass is 10.3. The van der Waals surface area contributed by atoms with Crippen molar-refractivity contribution in [3.05, 3.63) is 17.0 Å². The zero-order chi connectivity index (χ0) is 12.5. The van der Waals surface area contributed by atoms with Crippen molar-refractivity contribution in [2.24, 2.45) is 0 Å². The molecule has 0 bridgehead atoms. The second kappa shape index (κ2) is 4.68. The van der Waals surface area contributed by atoms with Crippen LogP contribution in [-0.2, 0) is 6.18 Å². The summed E-state index contributed by atoms with van der Waals surface area (Å²) in [6.07, 6.45) is -0.961. The summed E-state index contributed by atoms with van der Waals surface area (Å²) >= 11 is 5.51. The Hall–Kier alpha value is -1.04. The molecule has 7 heteroatoms. The van der Waals surface area contributed by atoms with Gasteiger partial charge in [-0.05, 0) is 25.7 Å². The van der Waals surface area contributed by atoms with Crippen molar-refractivity contribution in [1.82, 2.24) is 9.97 Å². The summed E-state index contributed by atoms with van der Waals surface area (Å²) < 4.78 is 42.6. The number of rotatable bonds is 2. The Bertz CT molecular complexity index is 405. The van der Waals surface area contributed by atoms with Gasteiger partial charge >= 0.3 is 6.18 Å². The van der Waals surface area contributed by atoms with Gasteiger partial charge in [0.25, 0.3) is 0 Å². The van der Waals surface area contributed by atoms with E-state index in [1.54, 1.807) is 0 Å². The topological polar surface area (TPSA) is 35.0 Å². The van der Waals surface area contributed by atoms with Crippen LogP contribution in [0, 0.1) is 0 Å². The van der Waals surface area contributed by atoms with Crippen molar-refractivity contribution in [3.8, 4) is 5.88 Å². The molecule has 1 aliphatic carbocycles. The molecule has 1 saturated carbocycles. The molecule has 0 unspecified atom stereocenters. The van der Waals surface area contributed by atoms with E-state index in [1.165, 1.54) is 6.07 Å². The van der Waals surface area contributed by atoms with E-state index < -0.39 is 12.0 Å². The van der Waals surface area contributed by atoms with Crippen LogP contribution in [0.1, 0.15) is 31.5 Å². The van der Waals surface area contributed by atoms with Gasteiger partial charge in [-0.2, -0.15) is 18.2 Å². The average Bonchev–Trinajstić information content (AvgIpc) is 2.68. The van der Waals surface area contributed by atoms with E-state index in [4.69, 9.17) is 16.3 Å². The summed E-state index contributed by atoms with van der Waals surface area (Å²) in [6, 6.07) is 1.20. The van der Waals surface area contributed by atoms with E-state index in [0.717, 1.165) is 25.7 Å². The minimum Gasteiger partial charge on any atom is -0.474 e. The van der Waals surface area contributed by atoms with E-state index in [9.17, 15) is 13.2 Å². The highest BCUT2D eigenvalue weighted by atomic mass is 35.5. The lowest BCUT2D eigenvalue weighted by molar-refractivity contribution is -0.145. The highest BCUT2D eigenvalue weighted by molar-refractivity contribution is 6.29. The number of aromatic nitrogens is 2. The predicted molar refractivity (Wildman–Crippen MR) is 54.9 cm³/mol. The van der Waals surface area contributed by atoms with Gasteiger partial charge in [0.1, 0.15) is 11.3 Å². The number of hydrogen-bond acceptors (Lipinski definition) is 3. The second-order valence-electron chi connectivity index (χ2n) is 3.87. The molecule has 0 atom stereocenters. The zero-order valence-corrected chi connectivity index (χ0v) is 9.55. The fourth-order valence-corrected chi connectivity index (χ4v) is 1.93. The van der Waals surface area contributed by atoms with Gasteiger partial charge in [0, 0.05) is 6.07 Å². The first-order valence-corrected chi connectivity index (χ1v) is 5.61. The molecule has 3 nitrogen and oxygen atoms in total. The molecule has 1 heterocycles. The van der Waals surface area contributed by atoms with Crippen LogP contribution in [0.25, 0.3) is 0 Å². The molecule has 1 aromatic rings. The monoisotopic (exact) mass is 266 g/mol. The largest absolute Gasteiger partial charge is 0.474 e. The quantitative estimate of drug-likeness (QED) is 0.769. The standard InChI is InChI=1S/C10H10ClF3N2O/c11-7-5-8(17-6-3-1-2-4-6)16-9(15-7)10(12,13)14/h5-6H,1-4H2. The van der Waals surface area contributed by atoms with Gasteiger partial charge in [0.15, 0.2) is 0 Å². The lowest BCUT2D eigenvalue weighted by Crippen LogP contribution is -2.16. The molecule has 0 aromatic carbocycles. The van der Waals surface area contributed by atoms with Crippen LogP contribution in [0.3, 0.4) is 0 Å². The van der Waals surface area contributed by atoms with Crippen molar-refractivity contribution in [3.63, 3.8) is 0 Å². The molecule has 0 spiro atoms. The molecule has 0 N–H and O–H groups in total. The molecule has 17 heavy (non-hydrogen) atoms. The van der Waals surface area contributed by atoms with Gasteiger partial charge in [-0.15, -0.1) is 0 Å². The number of nitrogens with zero attached hydrogens (tertiary/aromatic N) is 2. The maximum absolute atomic E-state index is 12.4. The molecular weight excluding hydrogens is 257 g/mol. The number of halogens is 4. The minimum atomic E-state index is -4.61. The van der Waals surface area contributed by atoms with Crippen LogP contribution in [0.15, 0.2) is 6.07 Å². The summed E-state index contributed by atoms with van der Waals surface area (Å²) in [6.45, 7) is 0. The van der Waals surface area contributed by atoms with Gasteiger partial charge in [0.2, 0.25) is 11.7 Å². The van der Waals surface area contributed by atoms with E-state index in [1.807, 2.05) is 0 Å². The Labute approximate surface area is 101 Å². The Morgan fingerprint density at radius 3 is 2.47 bits per heavy atom. The predicted octanol–water partition coefficient (Wildman–Crippen LogP) is 3.47. The highest BCUT2D eigenvalue weighted by Gasteiger charge is 2.35. The van der Waals surface area contributed by atoms with Gasteiger partial charge in [-0.1, -0.05) is 11.6 Å². The first kappa shape index (κ1) is 12.4. The SMILES string of the molecule is FC(F)(F)c1nc(Cl)cc(OC2CCCC2)n1. The van der Waals surface area contributed by atoms with Crippen molar-refractivity contribution >= 4 is 11.6 Å². The van der Waals surface area contributed by atoms with Gasteiger partial charge in [-0.25, -0.2) is 4.98 Å². The van der Waals surface area contributed by atoms with Gasteiger partial charge in [0.05, 0.1) is 0 Å². The van der Waals surface area contributed by atoms with Crippen LogP contribution in [0.2, 0.25) is 5.15 Å². The minimum absolute atomic E-state index is 0.0675. The van der Waals surface area contributed by atoms with Crippen molar-refractivity contribution in [2.45, 2.75) is 38.0 Å². The molecule has 2 rings (SSSR count). The summed E-state index contributed by atoms with van der Waals surface area (Å²) in [5, 5.41) is -0.264. The summed E-state index contributed by atoms with van der Waals surface area (Å²) in [7, 11) is 0. The lowest BCUT2D eigenvalue weighted by Gasteiger charge is -2.13. The maximum atomic E-state index is 12.4. The van der Waals surface area contributed by atoms with Crippen LogP contribution in [0.4, 0.5) is 13.2 Å². The molecule has 0 radical (unpaired) electrons. The molecule has 1 fully saturated rings. The molecule has 0 aliphatic heterocycles. The zero-order valence-electron chi connectivity index (χ0n) is 8.80. The Morgan fingerprint density at radius 1 is 1.24 bits per heavy atom. The number of hydrogen-bond donors (Lipinski definition) is 0. The van der Waals surface area contributed by atoms with Crippen molar-refractivity contribution in [1.29, 1.82) is 0 Å². The molecule has 0 saturated heterocycles. The third-order valence-corrected chi connectivity index (χ3v) is 2.71. The first-order valence-electron chi connectivity index (χ1n) is 5.23. The Morgan fingerprint density at radius 2 is 1.88 bits per heavy atom. The summed E-state index contributed by atoms with van der Waals surface area (Å²) in [5.74, 6) is -1.37. The fourth-order valence-electron chi connectivity index (χ4n) is 1.76. The van der Waals surface area contributed by atoms with Crippen LogP contribution in [0.5, 0.6) is 5.88 Å². The van der Waals surface area contributed by atoms with Crippen LogP contribution >= 0.6 is 11.6 Å². The summed E-state index contributed by atoms with van der Waals surface area (Å²) in [5.41, 5.74) is 0. The third kappa shape index (κ3) is 3.21. The second-order valence-corrected chi connectivity index (χ2v) is 4.26. The van der Waals surface area contributed by atoms with E-state index >= 15 is 0 Å². The molecule has 94 valence electrons. The molecule has 0 amide bonds. The Kier molecular flexibility index (Phi) is 3.42. The van der Waals surface area contributed by atoms with Crippen LogP contribution in [-0.4, -0.2) is 16.1 Å².